The summed E-state index contributed by atoms with van der Waals surface area (Å²) in [6.45, 7) is 2.19. The third kappa shape index (κ3) is 5.27. The minimum absolute atomic E-state index is 0.0219. The van der Waals surface area contributed by atoms with Gasteiger partial charge >= 0.3 is 5.97 Å². The van der Waals surface area contributed by atoms with Gasteiger partial charge in [0.15, 0.2) is 11.0 Å². The molecule has 2 aromatic carbocycles. The van der Waals surface area contributed by atoms with E-state index in [-0.39, 0.29) is 37.1 Å². The molecule has 0 saturated carbocycles. The molecule has 0 aliphatic carbocycles. The molecule has 1 aromatic heterocycles. The van der Waals surface area contributed by atoms with E-state index in [1.54, 1.807) is 18.2 Å². The lowest BCUT2D eigenvalue weighted by Gasteiger charge is -2.12. The first-order valence-electron chi connectivity index (χ1n) is 9.55. The second kappa shape index (κ2) is 9.59. The van der Waals surface area contributed by atoms with Crippen LogP contribution in [0.2, 0.25) is 5.02 Å². The predicted octanol–water partition coefficient (Wildman–Crippen LogP) is 5.01. The summed E-state index contributed by atoms with van der Waals surface area (Å²) in [5.41, 5.74) is 1.69. The quantitative estimate of drug-likeness (QED) is 0.481. The van der Waals surface area contributed by atoms with Crippen molar-refractivity contribution < 1.29 is 23.8 Å². The lowest BCUT2D eigenvalue weighted by molar-refractivity contribution is -0.138. The summed E-state index contributed by atoms with van der Waals surface area (Å²) in [5, 5.41) is 9.39. The topological polar surface area (TPSA) is 93.8 Å². The number of aliphatic carboxylic acids is 1. The maximum absolute atomic E-state index is 12.5. The molecule has 0 radical (unpaired) electrons. The summed E-state index contributed by atoms with van der Waals surface area (Å²) in [4.78, 5) is 34.8. The van der Waals surface area contributed by atoms with Crippen LogP contribution in [0.5, 0.6) is 5.75 Å². The fourth-order valence-electron chi connectivity index (χ4n) is 3.05. The number of Topliss-reactive ketones (excluding diaryl/α,β-unsaturated/α-hetero) is 1. The predicted molar refractivity (Wildman–Crippen MR) is 114 cm³/mol. The number of carboxylic acids is 1. The Kier molecular flexibility index (Phi) is 6.90. The van der Waals surface area contributed by atoms with Crippen molar-refractivity contribution in [1.29, 1.82) is 0 Å². The number of ketones is 1. The van der Waals surface area contributed by atoms with E-state index < -0.39 is 5.97 Å². The highest BCUT2D eigenvalue weighted by Gasteiger charge is 2.14. The average Bonchev–Trinajstić information content (AvgIpc) is 2.70. The Morgan fingerprint density at radius 3 is 2.67 bits per heavy atom. The zero-order valence-electron chi connectivity index (χ0n) is 16.4. The Labute approximate surface area is 178 Å². The standard InChI is InChI=1S/C23H21ClO6/c1-14-7-9-17(20(12-14)29-11-3-4-15(25)8-10-22(27)28)21-13-19(26)16-5-2-6-18(24)23(16)30-21/h2,5-7,9,12-13H,3-4,8,10-11H2,1H3,(H,27,28). The third-order valence-electron chi connectivity index (χ3n) is 4.58. The number of para-hydroxylation sites is 1. The molecule has 1 heterocycles. The van der Waals surface area contributed by atoms with Gasteiger partial charge in [0.2, 0.25) is 0 Å². The van der Waals surface area contributed by atoms with Crippen LogP contribution < -0.4 is 10.2 Å². The first-order chi connectivity index (χ1) is 14.3. The molecule has 0 spiro atoms. The fourth-order valence-corrected chi connectivity index (χ4v) is 3.26. The van der Waals surface area contributed by atoms with Gasteiger partial charge in [-0.3, -0.25) is 14.4 Å². The minimum Gasteiger partial charge on any atom is -0.493 e. The number of hydrogen-bond acceptors (Lipinski definition) is 5. The zero-order chi connectivity index (χ0) is 21.7. The summed E-state index contributed by atoms with van der Waals surface area (Å²) in [5.74, 6) is -0.225. The molecule has 3 aromatic rings. The third-order valence-corrected chi connectivity index (χ3v) is 4.88. The Morgan fingerprint density at radius 1 is 1.10 bits per heavy atom. The molecule has 30 heavy (non-hydrogen) atoms. The number of aryl methyl sites for hydroxylation is 1. The molecule has 0 amide bonds. The largest absolute Gasteiger partial charge is 0.493 e. The molecule has 6 nitrogen and oxygen atoms in total. The molecular formula is C23H21ClO6. The highest BCUT2D eigenvalue weighted by Crippen LogP contribution is 2.33. The van der Waals surface area contributed by atoms with Crippen LogP contribution in [0.15, 0.2) is 51.7 Å². The van der Waals surface area contributed by atoms with E-state index in [1.807, 2.05) is 25.1 Å². The second-order valence-electron chi connectivity index (χ2n) is 6.98. The van der Waals surface area contributed by atoms with Gasteiger partial charge < -0.3 is 14.3 Å². The number of carbonyl (C=O) groups is 2. The van der Waals surface area contributed by atoms with Crippen molar-refractivity contribution >= 4 is 34.3 Å². The van der Waals surface area contributed by atoms with Crippen LogP contribution in [0.1, 0.15) is 31.2 Å². The monoisotopic (exact) mass is 428 g/mol. The van der Waals surface area contributed by atoms with E-state index in [0.717, 1.165) is 5.56 Å². The summed E-state index contributed by atoms with van der Waals surface area (Å²) in [6, 6.07) is 11.9. The van der Waals surface area contributed by atoms with Gasteiger partial charge in [-0.2, -0.15) is 0 Å². The van der Waals surface area contributed by atoms with E-state index in [1.165, 1.54) is 6.07 Å². The first kappa shape index (κ1) is 21.6. The molecule has 0 aliphatic heterocycles. The van der Waals surface area contributed by atoms with Crippen molar-refractivity contribution in [2.45, 2.75) is 32.6 Å². The normalized spacial score (nSPS) is 10.9. The maximum Gasteiger partial charge on any atom is 0.303 e. The van der Waals surface area contributed by atoms with Crippen molar-refractivity contribution in [2.75, 3.05) is 6.61 Å². The number of carboxylic acid groups (broad SMARTS) is 1. The lowest BCUT2D eigenvalue weighted by atomic mass is 10.1. The van der Waals surface area contributed by atoms with E-state index >= 15 is 0 Å². The fraction of sp³-hybridized carbons (Fsp3) is 0.261. The Morgan fingerprint density at radius 2 is 1.90 bits per heavy atom. The van der Waals surface area contributed by atoms with Crippen LogP contribution in [0.3, 0.4) is 0 Å². The smallest absolute Gasteiger partial charge is 0.303 e. The van der Waals surface area contributed by atoms with Crippen LogP contribution in [0.4, 0.5) is 0 Å². The number of ether oxygens (including phenoxy) is 1. The molecule has 7 heteroatoms. The van der Waals surface area contributed by atoms with Gasteiger partial charge in [-0.25, -0.2) is 0 Å². The van der Waals surface area contributed by atoms with Gasteiger partial charge in [-0.1, -0.05) is 23.7 Å². The van der Waals surface area contributed by atoms with E-state index in [9.17, 15) is 14.4 Å². The van der Waals surface area contributed by atoms with E-state index in [4.69, 9.17) is 25.9 Å². The highest BCUT2D eigenvalue weighted by atomic mass is 35.5. The number of benzene rings is 2. The maximum atomic E-state index is 12.5. The molecule has 0 aliphatic rings. The van der Waals surface area contributed by atoms with Gasteiger partial charge in [0.05, 0.1) is 29.0 Å². The van der Waals surface area contributed by atoms with Gasteiger partial charge in [0.25, 0.3) is 0 Å². The van der Waals surface area contributed by atoms with E-state index in [0.29, 0.717) is 39.5 Å². The summed E-state index contributed by atoms with van der Waals surface area (Å²) in [7, 11) is 0. The molecule has 0 atom stereocenters. The Hall–Kier alpha value is -3.12. The Bertz CT molecular complexity index is 1150. The number of halogens is 1. The van der Waals surface area contributed by atoms with Crippen LogP contribution in [0, 0.1) is 6.92 Å². The molecule has 3 rings (SSSR count). The molecule has 0 bridgehead atoms. The Balaban J connectivity index is 1.79. The van der Waals surface area contributed by atoms with Crippen molar-refractivity contribution in [3.05, 3.63) is 63.3 Å². The van der Waals surface area contributed by atoms with Crippen molar-refractivity contribution in [3.8, 4) is 17.1 Å². The van der Waals surface area contributed by atoms with Crippen LogP contribution >= 0.6 is 11.6 Å². The van der Waals surface area contributed by atoms with Gasteiger partial charge in [0, 0.05) is 18.9 Å². The molecule has 156 valence electrons. The van der Waals surface area contributed by atoms with Crippen LogP contribution in [-0.2, 0) is 9.59 Å². The number of fused-ring (bicyclic) bond motifs is 1. The van der Waals surface area contributed by atoms with Gasteiger partial charge in [0.1, 0.15) is 17.3 Å². The molecule has 1 N–H and O–H groups in total. The molecular weight excluding hydrogens is 408 g/mol. The van der Waals surface area contributed by atoms with Crippen LogP contribution in [-0.4, -0.2) is 23.5 Å². The number of carbonyl (C=O) groups excluding carboxylic acids is 1. The number of hydrogen-bond donors (Lipinski definition) is 1. The molecule has 0 fully saturated rings. The summed E-state index contributed by atoms with van der Waals surface area (Å²) >= 11 is 6.20. The van der Waals surface area contributed by atoms with Crippen molar-refractivity contribution in [2.24, 2.45) is 0 Å². The number of rotatable bonds is 9. The SMILES string of the molecule is Cc1ccc(-c2cc(=O)c3cccc(Cl)c3o2)c(OCCCC(=O)CCC(=O)O)c1. The first-order valence-corrected chi connectivity index (χ1v) is 9.92. The van der Waals surface area contributed by atoms with Crippen molar-refractivity contribution in [1.82, 2.24) is 0 Å². The molecule has 0 saturated heterocycles. The highest BCUT2D eigenvalue weighted by molar-refractivity contribution is 6.34. The summed E-state index contributed by atoms with van der Waals surface area (Å²) < 4.78 is 11.8. The van der Waals surface area contributed by atoms with Crippen LogP contribution in [0.25, 0.3) is 22.3 Å². The molecule has 0 unspecified atom stereocenters. The zero-order valence-corrected chi connectivity index (χ0v) is 17.2. The average molecular weight is 429 g/mol. The van der Waals surface area contributed by atoms with E-state index in [2.05, 4.69) is 0 Å². The van der Waals surface area contributed by atoms with Gasteiger partial charge in [-0.05, 0) is 43.2 Å². The van der Waals surface area contributed by atoms with Gasteiger partial charge in [-0.15, -0.1) is 0 Å². The lowest BCUT2D eigenvalue weighted by Crippen LogP contribution is -2.06. The summed E-state index contributed by atoms with van der Waals surface area (Å²) in [6.07, 6.45) is 0.563. The minimum atomic E-state index is -0.985. The van der Waals surface area contributed by atoms with Crippen molar-refractivity contribution in [3.63, 3.8) is 0 Å². The second-order valence-corrected chi connectivity index (χ2v) is 7.38.